The van der Waals surface area contributed by atoms with E-state index in [4.69, 9.17) is 14.7 Å². The minimum atomic E-state index is -0.632. The second-order valence-electron chi connectivity index (χ2n) is 14.9. The molecule has 0 radical (unpaired) electrons. The number of carbonyl (C=O) groups excluding carboxylic acids is 3. The third kappa shape index (κ3) is 8.51. The van der Waals surface area contributed by atoms with E-state index < -0.39 is 12.1 Å². The predicted octanol–water partition coefficient (Wildman–Crippen LogP) is 8.07. The number of nitrogens with zero attached hydrogens (tertiary/aromatic N) is 5. The van der Waals surface area contributed by atoms with E-state index in [0.717, 1.165) is 103 Å². The van der Waals surface area contributed by atoms with E-state index in [-0.39, 0.29) is 29.9 Å². The maximum Gasteiger partial charge on any atom is 0.407 e. The van der Waals surface area contributed by atoms with Gasteiger partial charge in [0.05, 0.1) is 43.0 Å². The molecule has 0 saturated carbocycles. The lowest BCUT2D eigenvalue weighted by molar-refractivity contribution is -0.138. The Balaban J connectivity index is 1.01. The van der Waals surface area contributed by atoms with E-state index in [1.165, 1.54) is 7.11 Å². The number of ether oxygens (including phenoxy) is 1. The van der Waals surface area contributed by atoms with Crippen LogP contribution in [0.15, 0.2) is 91.3 Å². The lowest BCUT2D eigenvalue weighted by Gasteiger charge is -2.34. The topological polar surface area (TPSA) is 140 Å². The molecule has 298 valence electrons. The first-order valence-corrected chi connectivity index (χ1v) is 20.4. The molecule has 12 nitrogen and oxygen atoms in total. The SMILES string of the molecule is CCC[C@H](NC(=O)OC)C(=O)N1CCC[C@H]1c1ncc(-c2ccc(-c3ccc(-c4cnc([C@@H]5CCCN5C(=O)[C@@H](c5ccccc5)N(CC)CC)[nH]4)cc3)cc2)[nH]1. The Labute approximate surface area is 335 Å². The molecule has 4 heterocycles. The standard InChI is InChI=1S/C45H54N8O4/c1-5-13-35(50-45(56)57-4)43(54)52-26-11-16-38(52)41-46-28-36(48-41)32-22-18-30(19-23-32)31-20-24-33(25-21-31)37-29-47-42(49-37)39-17-12-27-53(39)44(55)40(51(6-2)7-3)34-14-9-8-10-15-34/h8-10,14-15,18-25,28-29,35,38-40H,5-7,11-13,16-17,26-27H2,1-4H3,(H,46,48)(H,47,49)(H,50,56)/t35-,38-,39-,40+/m0/s1. The Morgan fingerprint density at radius 2 is 1.23 bits per heavy atom. The number of likely N-dealkylation sites (N-methyl/N-ethyl adjacent to an activating group) is 1. The summed E-state index contributed by atoms with van der Waals surface area (Å²) in [6, 6.07) is 25.7. The zero-order valence-corrected chi connectivity index (χ0v) is 33.4. The molecule has 0 bridgehead atoms. The van der Waals surface area contributed by atoms with E-state index in [1.807, 2.05) is 47.3 Å². The number of hydrogen-bond donors (Lipinski definition) is 3. The molecule has 5 aromatic rings. The van der Waals surface area contributed by atoms with Crippen LogP contribution in [-0.4, -0.2) is 91.9 Å². The van der Waals surface area contributed by atoms with Crippen LogP contribution in [0, 0.1) is 0 Å². The van der Waals surface area contributed by atoms with Crippen molar-refractivity contribution in [1.82, 2.24) is 40.0 Å². The number of amides is 3. The highest BCUT2D eigenvalue weighted by Gasteiger charge is 2.38. The molecule has 0 aliphatic carbocycles. The maximum atomic E-state index is 14.2. The number of aromatic nitrogens is 4. The number of methoxy groups -OCH3 is 1. The van der Waals surface area contributed by atoms with Crippen LogP contribution >= 0.6 is 0 Å². The summed E-state index contributed by atoms with van der Waals surface area (Å²) in [4.78, 5) is 62.2. The molecule has 7 rings (SSSR count). The number of alkyl carbamates (subject to hydrolysis) is 1. The first-order valence-electron chi connectivity index (χ1n) is 20.4. The lowest BCUT2D eigenvalue weighted by Crippen LogP contribution is -2.48. The molecule has 0 spiro atoms. The van der Waals surface area contributed by atoms with Gasteiger partial charge in [-0.05, 0) is 73.0 Å². The van der Waals surface area contributed by atoms with Crippen LogP contribution in [0.2, 0.25) is 0 Å². The fourth-order valence-corrected chi connectivity index (χ4v) is 8.46. The molecule has 4 atom stereocenters. The van der Waals surface area contributed by atoms with Crippen molar-refractivity contribution in [2.45, 2.75) is 83.5 Å². The second-order valence-corrected chi connectivity index (χ2v) is 14.9. The molecule has 2 aromatic heterocycles. The minimum absolute atomic E-state index is 0.0927. The average molecular weight is 771 g/mol. The van der Waals surface area contributed by atoms with Crippen molar-refractivity contribution in [3.63, 3.8) is 0 Å². The number of likely N-dealkylation sites (tertiary alicyclic amines) is 2. The Morgan fingerprint density at radius 1 is 0.737 bits per heavy atom. The molecule has 2 fully saturated rings. The van der Waals surface area contributed by atoms with Crippen molar-refractivity contribution in [1.29, 1.82) is 0 Å². The van der Waals surface area contributed by atoms with Gasteiger partial charge in [-0.1, -0.05) is 106 Å². The summed E-state index contributed by atoms with van der Waals surface area (Å²) in [5.74, 6) is 1.59. The molecule has 57 heavy (non-hydrogen) atoms. The van der Waals surface area contributed by atoms with Gasteiger partial charge in [-0.15, -0.1) is 0 Å². The van der Waals surface area contributed by atoms with Gasteiger partial charge in [0.25, 0.3) is 0 Å². The fourth-order valence-electron chi connectivity index (χ4n) is 8.46. The van der Waals surface area contributed by atoms with Crippen LogP contribution in [0.25, 0.3) is 33.6 Å². The van der Waals surface area contributed by atoms with Gasteiger partial charge >= 0.3 is 6.09 Å². The zero-order valence-electron chi connectivity index (χ0n) is 33.4. The zero-order chi connectivity index (χ0) is 39.9. The lowest BCUT2D eigenvalue weighted by atomic mass is 10.0. The van der Waals surface area contributed by atoms with Crippen molar-refractivity contribution in [2.24, 2.45) is 0 Å². The van der Waals surface area contributed by atoms with Crippen molar-refractivity contribution >= 4 is 17.9 Å². The Morgan fingerprint density at radius 3 is 1.70 bits per heavy atom. The van der Waals surface area contributed by atoms with Gasteiger partial charge in [-0.25, -0.2) is 14.8 Å². The molecule has 3 N–H and O–H groups in total. The molecular formula is C45H54N8O4. The molecule has 2 aliphatic rings. The van der Waals surface area contributed by atoms with Gasteiger partial charge in [0, 0.05) is 13.1 Å². The molecular weight excluding hydrogens is 717 g/mol. The minimum Gasteiger partial charge on any atom is -0.453 e. The van der Waals surface area contributed by atoms with E-state index in [0.29, 0.717) is 13.0 Å². The fraction of sp³-hybridized carbons (Fsp3) is 0.400. The molecule has 12 heteroatoms. The molecule has 2 aliphatic heterocycles. The molecule has 0 unspecified atom stereocenters. The van der Waals surface area contributed by atoms with E-state index in [9.17, 15) is 14.4 Å². The summed E-state index contributed by atoms with van der Waals surface area (Å²) >= 11 is 0. The molecule has 3 amide bonds. The third-order valence-corrected chi connectivity index (χ3v) is 11.5. The number of hydrogen-bond acceptors (Lipinski definition) is 7. The van der Waals surface area contributed by atoms with E-state index in [1.54, 1.807) is 0 Å². The van der Waals surface area contributed by atoms with Crippen LogP contribution in [-0.2, 0) is 14.3 Å². The summed E-state index contributed by atoms with van der Waals surface area (Å²) in [6.45, 7) is 9.13. The van der Waals surface area contributed by atoms with Gasteiger partial charge in [0.1, 0.15) is 23.7 Å². The highest BCUT2D eigenvalue weighted by molar-refractivity contribution is 5.86. The Hall–Kier alpha value is -5.75. The summed E-state index contributed by atoms with van der Waals surface area (Å²) in [6.07, 6.45) is 7.88. The third-order valence-electron chi connectivity index (χ3n) is 11.5. The van der Waals surface area contributed by atoms with Gasteiger partial charge < -0.3 is 29.8 Å². The van der Waals surface area contributed by atoms with Crippen LogP contribution in [0.5, 0.6) is 0 Å². The summed E-state index contributed by atoms with van der Waals surface area (Å²) in [5, 5.41) is 2.71. The van der Waals surface area contributed by atoms with Gasteiger partial charge in [0.2, 0.25) is 11.8 Å². The number of rotatable bonds is 14. The van der Waals surface area contributed by atoms with E-state index in [2.05, 4.69) is 94.7 Å². The van der Waals surface area contributed by atoms with Crippen LogP contribution in [0.3, 0.4) is 0 Å². The van der Waals surface area contributed by atoms with Crippen molar-refractivity contribution in [3.05, 3.63) is 108 Å². The van der Waals surface area contributed by atoms with Crippen molar-refractivity contribution in [2.75, 3.05) is 33.3 Å². The monoisotopic (exact) mass is 770 g/mol. The van der Waals surface area contributed by atoms with Crippen LogP contribution in [0.4, 0.5) is 4.79 Å². The van der Waals surface area contributed by atoms with E-state index >= 15 is 0 Å². The number of aromatic amines is 2. The number of H-pyrrole nitrogens is 2. The summed E-state index contributed by atoms with van der Waals surface area (Å²) in [7, 11) is 1.30. The second kappa shape index (κ2) is 18.0. The predicted molar refractivity (Wildman–Crippen MR) is 221 cm³/mol. The average Bonchev–Trinajstić information content (AvgIpc) is 4.10. The highest BCUT2D eigenvalue weighted by Crippen LogP contribution is 2.36. The number of nitrogens with one attached hydrogen (secondary N) is 3. The number of imidazole rings is 2. The van der Waals surface area contributed by atoms with Crippen molar-refractivity contribution < 1.29 is 19.1 Å². The van der Waals surface area contributed by atoms with Gasteiger partial charge in [0.15, 0.2) is 0 Å². The number of benzene rings is 3. The summed E-state index contributed by atoms with van der Waals surface area (Å²) in [5.41, 5.74) is 7.03. The maximum absolute atomic E-state index is 14.2. The number of carbonyl (C=O) groups is 3. The van der Waals surface area contributed by atoms with Crippen LogP contribution in [0.1, 0.15) is 94.6 Å². The highest BCUT2D eigenvalue weighted by atomic mass is 16.5. The smallest absolute Gasteiger partial charge is 0.407 e. The Bertz CT molecular complexity index is 2110. The molecule has 3 aromatic carbocycles. The normalized spacial score (nSPS) is 17.8. The first kappa shape index (κ1) is 39.5. The quantitative estimate of drug-likeness (QED) is 0.104. The summed E-state index contributed by atoms with van der Waals surface area (Å²) < 4.78 is 4.76. The Kier molecular flexibility index (Phi) is 12.5. The largest absolute Gasteiger partial charge is 0.453 e. The first-order chi connectivity index (χ1) is 27.8. The van der Waals surface area contributed by atoms with Gasteiger partial charge in [-0.3, -0.25) is 14.5 Å². The van der Waals surface area contributed by atoms with Crippen molar-refractivity contribution in [3.8, 4) is 33.6 Å². The van der Waals surface area contributed by atoms with Crippen LogP contribution < -0.4 is 5.32 Å². The molecule has 2 saturated heterocycles. The van der Waals surface area contributed by atoms with Gasteiger partial charge in [-0.2, -0.15) is 0 Å².